The highest BCUT2D eigenvalue weighted by atomic mass is 19.1. The van der Waals surface area contributed by atoms with Crippen molar-refractivity contribution in [1.82, 2.24) is 19.2 Å². The van der Waals surface area contributed by atoms with E-state index in [1.54, 1.807) is 13.0 Å². The van der Waals surface area contributed by atoms with Crippen LogP contribution in [0.5, 0.6) is 0 Å². The molecule has 0 spiro atoms. The van der Waals surface area contributed by atoms with Gasteiger partial charge < -0.3 is 10.6 Å². The Morgan fingerprint density at radius 3 is 2.61 bits per heavy atom. The summed E-state index contributed by atoms with van der Waals surface area (Å²) in [5, 5.41) is 9.55. The standard InChI is InChI=1S/C21H18F2N6O2/c1-12-5-3-4-6-16(12)26-20-24-13(2)9-18-27-28(21(31)29(18)20)11-19(30)25-17-10-14(22)7-8-15(17)23/h3-10H,11H2,1-2H3,(H,24,26)(H,25,30). The summed E-state index contributed by atoms with van der Waals surface area (Å²) in [6.07, 6.45) is 0. The Bertz CT molecular complexity index is 1360. The van der Waals surface area contributed by atoms with Gasteiger partial charge in [0.15, 0.2) is 5.65 Å². The lowest BCUT2D eigenvalue weighted by Gasteiger charge is -2.10. The minimum Gasteiger partial charge on any atom is -0.325 e. The van der Waals surface area contributed by atoms with E-state index in [1.807, 2.05) is 31.2 Å². The maximum atomic E-state index is 13.8. The van der Waals surface area contributed by atoms with E-state index in [1.165, 1.54) is 4.40 Å². The largest absolute Gasteiger partial charge is 0.353 e. The van der Waals surface area contributed by atoms with Gasteiger partial charge in [0.25, 0.3) is 0 Å². The molecule has 1 amide bonds. The molecular weight excluding hydrogens is 406 g/mol. The van der Waals surface area contributed by atoms with E-state index in [0.717, 1.165) is 34.1 Å². The van der Waals surface area contributed by atoms with Crippen molar-refractivity contribution in [2.24, 2.45) is 0 Å². The number of fused-ring (bicyclic) bond motifs is 1. The average Bonchev–Trinajstić information content (AvgIpc) is 3.01. The maximum Gasteiger partial charge on any atom is 0.353 e. The molecule has 2 heterocycles. The van der Waals surface area contributed by atoms with Crippen LogP contribution < -0.4 is 16.3 Å². The Morgan fingerprint density at radius 2 is 1.84 bits per heavy atom. The first kappa shape index (κ1) is 20.2. The van der Waals surface area contributed by atoms with Crippen molar-refractivity contribution in [2.45, 2.75) is 20.4 Å². The van der Waals surface area contributed by atoms with E-state index >= 15 is 0 Å². The molecule has 0 saturated heterocycles. The molecule has 0 bridgehead atoms. The third-order valence-electron chi connectivity index (χ3n) is 4.58. The molecule has 0 saturated carbocycles. The number of hydrogen-bond donors (Lipinski definition) is 2. The van der Waals surface area contributed by atoms with E-state index in [4.69, 9.17) is 0 Å². The molecule has 0 aliphatic rings. The van der Waals surface area contributed by atoms with Gasteiger partial charge in [0, 0.05) is 23.5 Å². The third-order valence-corrected chi connectivity index (χ3v) is 4.58. The third kappa shape index (κ3) is 4.13. The maximum absolute atomic E-state index is 13.8. The zero-order valence-corrected chi connectivity index (χ0v) is 16.7. The normalized spacial score (nSPS) is 11.0. The molecule has 2 N–H and O–H groups in total. The summed E-state index contributed by atoms with van der Waals surface area (Å²) in [6, 6.07) is 11.8. The van der Waals surface area contributed by atoms with Gasteiger partial charge in [0.2, 0.25) is 11.9 Å². The number of carbonyl (C=O) groups excluding carboxylic acids is 1. The highest BCUT2D eigenvalue weighted by Gasteiger charge is 2.17. The number of carbonyl (C=O) groups is 1. The van der Waals surface area contributed by atoms with Crippen molar-refractivity contribution in [3.8, 4) is 0 Å². The molecule has 2 aromatic carbocycles. The fraction of sp³-hybridized carbons (Fsp3) is 0.143. The number of amides is 1. The summed E-state index contributed by atoms with van der Waals surface area (Å²) in [4.78, 5) is 29.6. The van der Waals surface area contributed by atoms with Crippen molar-refractivity contribution >= 4 is 28.9 Å². The van der Waals surface area contributed by atoms with Crippen LogP contribution in [-0.4, -0.2) is 25.1 Å². The van der Waals surface area contributed by atoms with Crippen LogP contribution in [0.4, 0.5) is 26.1 Å². The summed E-state index contributed by atoms with van der Waals surface area (Å²) < 4.78 is 29.3. The molecule has 0 aliphatic carbocycles. The van der Waals surface area contributed by atoms with Gasteiger partial charge in [-0.15, -0.1) is 5.10 Å². The zero-order chi connectivity index (χ0) is 22.1. The van der Waals surface area contributed by atoms with Gasteiger partial charge >= 0.3 is 5.69 Å². The lowest BCUT2D eigenvalue weighted by molar-refractivity contribution is -0.117. The molecule has 0 atom stereocenters. The predicted octanol–water partition coefficient (Wildman–Crippen LogP) is 3.17. The number of benzene rings is 2. The number of aryl methyl sites for hydroxylation is 2. The fourth-order valence-corrected chi connectivity index (χ4v) is 3.09. The van der Waals surface area contributed by atoms with E-state index in [-0.39, 0.29) is 11.6 Å². The Labute approximate surface area is 175 Å². The van der Waals surface area contributed by atoms with Crippen LogP contribution in [0.3, 0.4) is 0 Å². The van der Waals surface area contributed by atoms with Crippen LogP contribution in [0.25, 0.3) is 5.65 Å². The van der Waals surface area contributed by atoms with Gasteiger partial charge in [-0.3, -0.25) is 4.79 Å². The monoisotopic (exact) mass is 424 g/mol. The van der Waals surface area contributed by atoms with Crippen LogP contribution in [-0.2, 0) is 11.3 Å². The van der Waals surface area contributed by atoms with Gasteiger partial charge in [-0.1, -0.05) is 18.2 Å². The van der Waals surface area contributed by atoms with Crippen molar-refractivity contribution in [2.75, 3.05) is 10.6 Å². The molecule has 4 rings (SSSR count). The number of para-hydroxylation sites is 1. The number of anilines is 3. The second kappa shape index (κ2) is 7.98. The fourth-order valence-electron chi connectivity index (χ4n) is 3.09. The number of aromatic nitrogens is 4. The smallest absolute Gasteiger partial charge is 0.325 e. The summed E-state index contributed by atoms with van der Waals surface area (Å²) in [7, 11) is 0. The van der Waals surface area contributed by atoms with Crippen LogP contribution in [0.15, 0.2) is 53.3 Å². The van der Waals surface area contributed by atoms with Crippen LogP contribution in [0.1, 0.15) is 11.3 Å². The highest BCUT2D eigenvalue weighted by Crippen LogP contribution is 2.19. The summed E-state index contributed by atoms with van der Waals surface area (Å²) in [6.45, 7) is 3.18. The highest BCUT2D eigenvalue weighted by molar-refractivity contribution is 5.90. The second-order valence-electron chi connectivity index (χ2n) is 6.97. The van der Waals surface area contributed by atoms with Crippen LogP contribution in [0.2, 0.25) is 0 Å². The van der Waals surface area contributed by atoms with Crippen molar-refractivity contribution in [1.29, 1.82) is 0 Å². The SMILES string of the molecule is Cc1cc2nn(CC(=O)Nc3cc(F)ccc3F)c(=O)n2c(Nc2ccccc2C)n1. The molecule has 0 fully saturated rings. The molecule has 2 aromatic heterocycles. The number of nitrogens with one attached hydrogen (secondary N) is 2. The van der Waals surface area contributed by atoms with E-state index in [2.05, 4.69) is 20.7 Å². The van der Waals surface area contributed by atoms with E-state index in [9.17, 15) is 18.4 Å². The first-order valence-electron chi connectivity index (χ1n) is 9.36. The molecule has 10 heteroatoms. The van der Waals surface area contributed by atoms with Crippen molar-refractivity contribution < 1.29 is 13.6 Å². The summed E-state index contributed by atoms with van der Waals surface area (Å²) >= 11 is 0. The van der Waals surface area contributed by atoms with Crippen LogP contribution in [0, 0.1) is 25.5 Å². The Kier molecular flexibility index (Phi) is 5.20. The average molecular weight is 424 g/mol. The van der Waals surface area contributed by atoms with Crippen molar-refractivity contribution in [3.63, 3.8) is 0 Å². The first-order valence-corrected chi connectivity index (χ1v) is 9.36. The summed E-state index contributed by atoms with van der Waals surface area (Å²) in [5.41, 5.74) is 1.71. The first-order chi connectivity index (χ1) is 14.8. The lowest BCUT2D eigenvalue weighted by atomic mass is 10.2. The van der Waals surface area contributed by atoms with Gasteiger partial charge in [-0.2, -0.15) is 0 Å². The van der Waals surface area contributed by atoms with Gasteiger partial charge in [-0.25, -0.2) is 27.6 Å². The number of hydrogen-bond acceptors (Lipinski definition) is 5. The quantitative estimate of drug-likeness (QED) is 0.513. The lowest BCUT2D eigenvalue weighted by Crippen LogP contribution is -2.29. The Hall–Kier alpha value is -4.08. The topological polar surface area (TPSA) is 93.3 Å². The minimum atomic E-state index is -0.790. The second-order valence-corrected chi connectivity index (χ2v) is 6.97. The molecular formula is C21H18F2N6O2. The van der Waals surface area contributed by atoms with Gasteiger partial charge in [0.05, 0.1) is 5.69 Å². The van der Waals surface area contributed by atoms with E-state index < -0.39 is 29.8 Å². The van der Waals surface area contributed by atoms with E-state index in [0.29, 0.717) is 11.3 Å². The molecule has 0 radical (unpaired) electrons. The molecule has 31 heavy (non-hydrogen) atoms. The van der Waals surface area contributed by atoms with Crippen molar-refractivity contribution in [3.05, 3.63) is 81.9 Å². The zero-order valence-electron chi connectivity index (χ0n) is 16.7. The van der Waals surface area contributed by atoms with Crippen LogP contribution >= 0.6 is 0 Å². The molecule has 0 aliphatic heterocycles. The Balaban J connectivity index is 1.66. The molecule has 0 unspecified atom stereocenters. The molecule has 158 valence electrons. The van der Waals surface area contributed by atoms with Gasteiger partial charge in [0.1, 0.15) is 18.2 Å². The number of rotatable bonds is 5. The Morgan fingerprint density at radius 1 is 1.06 bits per heavy atom. The predicted molar refractivity (Wildman–Crippen MR) is 111 cm³/mol. The number of halogens is 2. The minimum absolute atomic E-state index is 0.247. The van der Waals surface area contributed by atoms with Gasteiger partial charge in [-0.05, 0) is 37.6 Å². The number of nitrogens with zero attached hydrogens (tertiary/aromatic N) is 4. The molecule has 8 nitrogen and oxygen atoms in total. The summed E-state index contributed by atoms with van der Waals surface area (Å²) in [5.74, 6) is -1.97. The molecule has 4 aromatic rings.